The fourth-order valence-electron chi connectivity index (χ4n) is 5.61. The summed E-state index contributed by atoms with van der Waals surface area (Å²) in [5, 5.41) is 16.4. The molecule has 1 fully saturated rings. The number of rotatable bonds is 7. The van der Waals surface area contributed by atoms with Crippen molar-refractivity contribution in [2.75, 3.05) is 27.3 Å². The van der Waals surface area contributed by atoms with E-state index >= 15 is 0 Å². The molecule has 3 atom stereocenters. The highest BCUT2D eigenvalue weighted by Gasteiger charge is 2.62. The van der Waals surface area contributed by atoms with Crippen LogP contribution in [0.15, 0.2) is 66.2 Å². The number of aromatic nitrogens is 1. The quantitative estimate of drug-likeness (QED) is 0.340. The van der Waals surface area contributed by atoms with Crippen molar-refractivity contribution < 1.29 is 29.0 Å². The SMILES string of the molecule is COc1ccc2c(OCC[C@@H]3NC(=O)N(C)CCCC/C=C(/C)[C@@H]4C[C@@]4(C(=O)O)NC3=O)cc(-c3ccccc3)nc2c1. The summed E-state index contributed by atoms with van der Waals surface area (Å²) in [6, 6.07) is 15.7. The molecule has 1 aliphatic carbocycles. The number of amides is 3. The first-order chi connectivity index (χ1) is 20.7. The van der Waals surface area contributed by atoms with Crippen LogP contribution < -0.4 is 20.1 Å². The zero-order valence-corrected chi connectivity index (χ0v) is 24.8. The molecule has 2 heterocycles. The molecule has 10 heteroatoms. The molecular formula is C33H38N4O6. The first-order valence-electron chi connectivity index (χ1n) is 14.6. The van der Waals surface area contributed by atoms with Crippen molar-refractivity contribution in [3.8, 4) is 22.8 Å². The Morgan fingerprint density at radius 1 is 1.14 bits per heavy atom. The van der Waals surface area contributed by atoms with Gasteiger partial charge in [-0.2, -0.15) is 0 Å². The van der Waals surface area contributed by atoms with Gasteiger partial charge in [0.1, 0.15) is 23.1 Å². The topological polar surface area (TPSA) is 130 Å². The first kappa shape index (κ1) is 29.9. The number of carboxylic acids is 1. The lowest BCUT2D eigenvalue weighted by Gasteiger charge is -2.25. The van der Waals surface area contributed by atoms with E-state index in [1.54, 1.807) is 19.1 Å². The molecule has 1 saturated carbocycles. The van der Waals surface area contributed by atoms with Gasteiger partial charge < -0.3 is 30.1 Å². The maximum atomic E-state index is 13.5. The van der Waals surface area contributed by atoms with Crippen molar-refractivity contribution in [1.29, 1.82) is 0 Å². The number of carbonyl (C=O) groups is 3. The summed E-state index contributed by atoms with van der Waals surface area (Å²) >= 11 is 0. The van der Waals surface area contributed by atoms with Gasteiger partial charge in [0.15, 0.2) is 0 Å². The molecule has 1 aromatic heterocycles. The number of aliphatic carboxylic acids is 1. The second-order valence-corrected chi connectivity index (χ2v) is 11.3. The van der Waals surface area contributed by atoms with Gasteiger partial charge in [0.05, 0.1) is 24.9 Å². The molecule has 2 aliphatic rings. The highest BCUT2D eigenvalue weighted by atomic mass is 16.5. The van der Waals surface area contributed by atoms with E-state index < -0.39 is 29.5 Å². The Morgan fingerprint density at radius 3 is 2.67 bits per heavy atom. The average Bonchev–Trinajstić information content (AvgIpc) is 3.75. The van der Waals surface area contributed by atoms with Crippen molar-refractivity contribution in [2.24, 2.45) is 5.92 Å². The summed E-state index contributed by atoms with van der Waals surface area (Å²) in [6.07, 6.45) is 4.97. The normalized spacial score (nSPS) is 24.1. The molecule has 0 spiro atoms. The first-order valence-corrected chi connectivity index (χ1v) is 14.6. The van der Waals surface area contributed by atoms with Crippen molar-refractivity contribution in [3.05, 3.63) is 66.2 Å². The number of nitrogens with zero attached hydrogens (tertiary/aromatic N) is 2. The predicted octanol–water partition coefficient (Wildman–Crippen LogP) is 4.78. The van der Waals surface area contributed by atoms with E-state index in [4.69, 9.17) is 14.5 Å². The number of urea groups is 1. The Bertz CT molecular complexity index is 1540. The van der Waals surface area contributed by atoms with Gasteiger partial charge in [-0.15, -0.1) is 0 Å². The summed E-state index contributed by atoms with van der Waals surface area (Å²) in [7, 11) is 3.28. The number of benzene rings is 2. The average molecular weight is 587 g/mol. The lowest BCUT2D eigenvalue weighted by molar-refractivity contribution is -0.143. The summed E-state index contributed by atoms with van der Waals surface area (Å²) in [6.45, 7) is 2.55. The minimum Gasteiger partial charge on any atom is -0.497 e. The van der Waals surface area contributed by atoms with Crippen LogP contribution in [-0.4, -0.2) is 71.8 Å². The zero-order valence-electron chi connectivity index (χ0n) is 24.8. The Labute approximate surface area is 251 Å². The number of allylic oxidation sites excluding steroid dienone is 1. The van der Waals surface area contributed by atoms with Crippen LogP contribution in [0, 0.1) is 5.92 Å². The molecule has 3 aromatic rings. The number of hydrogen-bond donors (Lipinski definition) is 3. The summed E-state index contributed by atoms with van der Waals surface area (Å²) in [5.41, 5.74) is 1.91. The molecule has 0 bridgehead atoms. The van der Waals surface area contributed by atoms with Crippen LogP contribution in [0.2, 0.25) is 0 Å². The van der Waals surface area contributed by atoms with Crippen molar-refractivity contribution in [3.63, 3.8) is 0 Å². The summed E-state index contributed by atoms with van der Waals surface area (Å²) in [5.74, 6) is -0.661. The summed E-state index contributed by atoms with van der Waals surface area (Å²) in [4.78, 5) is 45.2. The van der Waals surface area contributed by atoms with E-state index in [0.717, 1.165) is 35.8 Å². The Morgan fingerprint density at radius 2 is 1.93 bits per heavy atom. The smallest absolute Gasteiger partial charge is 0.330 e. The molecule has 43 heavy (non-hydrogen) atoms. The number of nitrogens with one attached hydrogen (secondary N) is 2. The molecule has 1 aliphatic heterocycles. The molecule has 0 unspecified atom stereocenters. The van der Waals surface area contributed by atoms with Crippen LogP contribution in [0.4, 0.5) is 4.79 Å². The second-order valence-electron chi connectivity index (χ2n) is 11.3. The highest BCUT2D eigenvalue weighted by Crippen LogP contribution is 2.49. The number of hydrogen-bond acceptors (Lipinski definition) is 6. The highest BCUT2D eigenvalue weighted by molar-refractivity contribution is 5.94. The molecule has 10 nitrogen and oxygen atoms in total. The molecule has 3 N–H and O–H groups in total. The van der Waals surface area contributed by atoms with Crippen LogP contribution in [-0.2, 0) is 9.59 Å². The maximum Gasteiger partial charge on any atom is 0.330 e. The van der Waals surface area contributed by atoms with E-state index in [1.807, 2.05) is 61.5 Å². The molecule has 3 amide bonds. The van der Waals surface area contributed by atoms with Gasteiger partial charge in [0, 0.05) is 49.0 Å². The second kappa shape index (κ2) is 12.7. The van der Waals surface area contributed by atoms with E-state index in [1.165, 1.54) is 0 Å². The number of fused-ring (bicyclic) bond motifs is 2. The molecule has 226 valence electrons. The number of carboxylic acid groups (broad SMARTS) is 1. The van der Waals surface area contributed by atoms with Gasteiger partial charge in [-0.1, -0.05) is 42.0 Å². The van der Waals surface area contributed by atoms with Crippen LogP contribution >= 0.6 is 0 Å². The molecule has 0 radical (unpaired) electrons. The van der Waals surface area contributed by atoms with Gasteiger partial charge >= 0.3 is 12.0 Å². The number of pyridine rings is 1. The molecule has 2 aromatic carbocycles. The third-order valence-electron chi connectivity index (χ3n) is 8.33. The number of carbonyl (C=O) groups excluding carboxylic acids is 2. The van der Waals surface area contributed by atoms with Crippen molar-refractivity contribution in [2.45, 2.75) is 50.6 Å². The van der Waals surface area contributed by atoms with Crippen LogP contribution in [0.1, 0.15) is 39.0 Å². The Kier molecular flexibility index (Phi) is 8.84. The van der Waals surface area contributed by atoms with Crippen molar-refractivity contribution >= 4 is 28.8 Å². The van der Waals surface area contributed by atoms with Gasteiger partial charge in [0.25, 0.3) is 0 Å². The van der Waals surface area contributed by atoms with Crippen LogP contribution in [0.5, 0.6) is 11.5 Å². The fourth-order valence-corrected chi connectivity index (χ4v) is 5.61. The van der Waals surface area contributed by atoms with E-state index in [2.05, 4.69) is 16.7 Å². The van der Waals surface area contributed by atoms with Crippen LogP contribution in [0.3, 0.4) is 0 Å². The lowest BCUT2D eigenvalue weighted by atomic mass is 10.0. The largest absolute Gasteiger partial charge is 0.497 e. The van der Waals surface area contributed by atoms with Gasteiger partial charge in [0.2, 0.25) is 5.91 Å². The van der Waals surface area contributed by atoms with Crippen molar-refractivity contribution in [1.82, 2.24) is 20.5 Å². The van der Waals surface area contributed by atoms with E-state index in [0.29, 0.717) is 35.7 Å². The van der Waals surface area contributed by atoms with Gasteiger partial charge in [-0.3, -0.25) is 4.79 Å². The van der Waals surface area contributed by atoms with E-state index in [9.17, 15) is 19.5 Å². The minimum atomic E-state index is -1.37. The summed E-state index contributed by atoms with van der Waals surface area (Å²) < 4.78 is 11.7. The standard InChI is InChI=1S/C33H38N4O6/c1-21-10-6-5-9-16-37(2)32(41)35-26(30(38)36-33(31(39)40)20-25(21)33)15-17-43-29-19-27(22-11-7-4-8-12-22)34-28-18-23(42-3)13-14-24(28)29/h4,7-8,10-14,18-19,25-26H,5-6,9,15-17,20H2,1-3H3,(H,35,41)(H,36,38)(H,39,40)/b21-10-/t25-,26-,33+/m0/s1. The maximum absolute atomic E-state index is 13.5. The van der Waals surface area contributed by atoms with E-state index in [-0.39, 0.29) is 18.9 Å². The number of ether oxygens (including phenoxy) is 2. The molecule has 5 rings (SSSR count). The van der Waals surface area contributed by atoms with Crippen LogP contribution in [0.25, 0.3) is 22.2 Å². The monoisotopic (exact) mass is 586 g/mol. The Hall–Kier alpha value is -4.60. The third kappa shape index (κ3) is 6.58. The molecule has 0 saturated heterocycles. The fraction of sp³-hybridized carbons (Fsp3) is 0.394. The molecular weight excluding hydrogens is 548 g/mol. The van der Waals surface area contributed by atoms with Gasteiger partial charge in [-0.05, 0) is 44.7 Å². The minimum absolute atomic E-state index is 0.0872. The number of methoxy groups -OCH3 is 1. The Balaban J connectivity index is 1.39. The third-order valence-corrected chi connectivity index (χ3v) is 8.33. The lowest BCUT2D eigenvalue weighted by Crippen LogP contribution is -2.55. The zero-order chi connectivity index (χ0) is 30.6. The predicted molar refractivity (Wildman–Crippen MR) is 163 cm³/mol. The van der Waals surface area contributed by atoms with Gasteiger partial charge in [-0.25, -0.2) is 14.6 Å².